The molecule has 17 heavy (non-hydrogen) atoms. The minimum absolute atomic E-state index is 0.0495. The number of hydrogen-bond acceptors (Lipinski definition) is 2. The highest BCUT2D eigenvalue weighted by atomic mass is 16.3. The average molecular weight is 237 g/mol. The van der Waals surface area contributed by atoms with E-state index in [4.69, 9.17) is 0 Å². The molecule has 0 aliphatic carbocycles. The van der Waals surface area contributed by atoms with Crippen LogP contribution in [0.15, 0.2) is 10.9 Å². The minimum Gasteiger partial charge on any atom is -0.391 e. The maximum atomic E-state index is 12.2. The van der Waals surface area contributed by atoms with Crippen molar-refractivity contribution in [3.05, 3.63) is 33.2 Å². The van der Waals surface area contributed by atoms with Gasteiger partial charge in [-0.15, -0.1) is 0 Å². The first-order chi connectivity index (χ1) is 7.88. The number of aromatic nitrogens is 1. The third kappa shape index (κ3) is 2.44. The fourth-order valence-electron chi connectivity index (χ4n) is 2.15. The largest absolute Gasteiger partial charge is 0.391 e. The molecule has 1 aromatic rings. The molecular weight excluding hydrogens is 214 g/mol. The Morgan fingerprint density at radius 1 is 1.35 bits per heavy atom. The zero-order valence-corrected chi connectivity index (χ0v) is 11.5. The fraction of sp³-hybridized carbons (Fsp3) is 0.643. The zero-order chi connectivity index (χ0) is 13.2. The van der Waals surface area contributed by atoms with Crippen LogP contribution in [0.2, 0.25) is 0 Å². The van der Waals surface area contributed by atoms with Crippen LogP contribution in [-0.2, 0) is 18.6 Å². The van der Waals surface area contributed by atoms with Gasteiger partial charge >= 0.3 is 0 Å². The molecule has 0 aliphatic heterocycles. The Hall–Kier alpha value is -1.09. The predicted octanol–water partition coefficient (Wildman–Crippen LogP) is 2.36. The Morgan fingerprint density at radius 3 is 2.35 bits per heavy atom. The lowest BCUT2D eigenvalue weighted by Crippen LogP contribution is -2.31. The lowest BCUT2D eigenvalue weighted by molar-refractivity contribution is 0.274. The summed E-state index contributed by atoms with van der Waals surface area (Å²) in [7, 11) is 0. The second-order valence-electron chi connectivity index (χ2n) is 5.12. The highest BCUT2D eigenvalue weighted by Crippen LogP contribution is 2.29. The molecule has 0 aliphatic rings. The smallest absolute Gasteiger partial charge is 0.256 e. The van der Waals surface area contributed by atoms with Crippen molar-refractivity contribution in [3.63, 3.8) is 0 Å². The van der Waals surface area contributed by atoms with Crippen molar-refractivity contribution in [1.29, 1.82) is 0 Å². The molecule has 0 amide bonds. The summed E-state index contributed by atoms with van der Waals surface area (Å²) < 4.78 is 1.71. The molecule has 0 aromatic carbocycles. The topological polar surface area (TPSA) is 42.2 Å². The zero-order valence-electron chi connectivity index (χ0n) is 11.5. The Morgan fingerprint density at radius 2 is 1.94 bits per heavy atom. The van der Waals surface area contributed by atoms with Gasteiger partial charge in [0.15, 0.2) is 0 Å². The van der Waals surface area contributed by atoms with Gasteiger partial charge in [-0.3, -0.25) is 4.79 Å². The van der Waals surface area contributed by atoms with Gasteiger partial charge in [-0.2, -0.15) is 0 Å². The average Bonchev–Trinajstić information content (AvgIpc) is 2.29. The Labute approximate surface area is 103 Å². The van der Waals surface area contributed by atoms with Gasteiger partial charge in [-0.05, 0) is 37.3 Å². The molecule has 3 heteroatoms. The Bertz CT molecular complexity index is 458. The van der Waals surface area contributed by atoms with E-state index in [9.17, 15) is 9.90 Å². The van der Waals surface area contributed by atoms with Gasteiger partial charge in [0.05, 0.1) is 6.61 Å². The van der Waals surface area contributed by atoms with Crippen LogP contribution in [0, 0.1) is 6.92 Å². The third-order valence-corrected chi connectivity index (χ3v) is 3.69. The summed E-state index contributed by atoms with van der Waals surface area (Å²) in [5.41, 5.74) is 2.37. The van der Waals surface area contributed by atoms with E-state index < -0.39 is 0 Å². The van der Waals surface area contributed by atoms with Gasteiger partial charge in [0.1, 0.15) is 0 Å². The number of aliphatic hydroxyl groups excluding tert-OH is 1. The van der Waals surface area contributed by atoms with Gasteiger partial charge in [0.2, 0.25) is 0 Å². The third-order valence-electron chi connectivity index (χ3n) is 3.69. The van der Waals surface area contributed by atoms with Crippen LogP contribution < -0.4 is 5.56 Å². The van der Waals surface area contributed by atoms with Crippen molar-refractivity contribution in [2.24, 2.45) is 0 Å². The molecule has 1 heterocycles. The number of nitrogens with zero attached hydrogens (tertiary/aromatic N) is 1. The van der Waals surface area contributed by atoms with Crippen molar-refractivity contribution >= 4 is 0 Å². The second-order valence-corrected chi connectivity index (χ2v) is 5.12. The summed E-state index contributed by atoms with van der Waals surface area (Å²) in [6.07, 6.45) is 0.940. The predicted molar refractivity (Wildman–Crippen MR) is 70.4 cm³/mol. The molecule has 0 unspecified atom stereocenters. The summed E-state index contributed by atoms with van der Waals surface area (Å²) in [5.74, 6) is 0. The van der Waals surface area contributed by atoms with E-state index in [0.29, 0.717) is 12.1 Å². The number of aliphatic hydroxyl groups is 1. The SMILES string of the molecule is CCn1c(C)cc(C(C)(C)CC)c(CO)c1=O. The summed E-state index contributed by atoms with van der Waals surface area (Å²) in [4.78, 5) is 12.2. The van der Waals surface area contributed by atoms with E-state index in [0.717, 1.165) is 17.7 Å². The van der Waals surface area contributed by atoms with Crippen LogP contribution in [0.4, 0.5) is 0 Å². The lowest BCUT2D eigenvalue weighted by atomic mass is 9.80. The summed E-state index contributed by atoms with van der Waals surface area (Å²) in [5, 5.41) is 9.46. The molecule has 1 aromatic heterocycles. The monoisotopic (exact) mass is 237 g/mol. The number of hydrogen-bond donors (Lipinski definition) is 1. The molecule has 3 nitrogen and oxygen atoms in total. The first-order valence-corrected chi connectivity index (χ1v) is 6.23. The first kappa shape index (κ1) is 14.0. The molecule has 0 saturated heterocycles. The van der Waals surface area contributed by atoms with Crippen LogP contribution in [0.25, 0.3) is 0 Å². The van der Waals surface area contributed by atoms with E-state index in [-0.39, 0.29) is 17.6 Å². The summed E-state index contributed by atoms with van der Waals surface area (Å²) in [6.45, 7) is 10.7. The first-order valence-electron chi connectivity index (χ1n) is 6.23. The van der Waals surface area contributed by atoms with Crippen molar-refractivity contribution in [1.82, 2.24) is 4.57 Å². The van der Waals surface area contributed by atoms with Crippen molar-refractivity contribution < 1.29 is 5.11 Å². The molecule has 0 saturated carbocycles. The number of pyridine rings is 1. The normalized spacial score (nSPS) is 11.9. The molecule has 1 N–H and O–H groups in total. The van der Waals surface area contributed by atoms with E-state index in [1.165, 1.54) is 0 Å². The van der Waals surface area contributed by atoms with Gasteiger partial charge in [0.25, 0.3) is 5.56 Å². The van der Waals surface area contributed by atoms with Crippen LogP contribution >= 0.6 is 0 Å². The van der Waals surface area contributed by atoms with E-state index in [1.54, 1.807) is 4.57 Å². The van der Waals surface area contributed by atoms with Crippen LogP contribution in [0.5, 0.6) is 0 Å². The molecule has 1 rings (SSSR count). The molecule has 96 valence electrons. The summed E-state index contributed by atoms with van der Waals surface area (Å²) in [6, 6.07) is 2.04. The highest BCUT2D eigenvalue weighted by Gasteiger charge is 2.24. The highest BCUT2D eigenvalue weighted by molar-refractivity contribution is 5.33. The van der Waals surface area contributed by atoms with Gasteiger partial charge in [0, 0.05) is 17.8 Å². The molecular formula is C14H23NO2. The van der Waals surface area contributed by atoms with Crippen LogP contribution in [0.3, 0.4) is 0 Å². The van der Waals surface area contributed by atoms with Crippen molar-refractivity contribution in [2.75, 3.05) is 0 Å². The van der Waals surface area contributed by atoms with Crippen LogP contribution in [-0.4, -0.2) is 9.67 Å². The van der Waals surface area contributed by atoms with Gasteiger partial charge in [-0.1, -0.05) is 20.8 Å². The lowest BCUT2D eigenvalue weighted by Gasteiger charge is -2.27. The molecule has 0 radical (unpaired) electrons. The van der Waals surface area contributed by atoms with Crippen molar-refractivity contribution in [2.45, 2.75) is 59.6 Å². The fourth-order valence-corrected chi connectivity index (χ4v) is 2.15. The molecule has 0 atom stereocenters. The summed E-state index contributed by atoms with van der Waals surface area (Å²) >= 11 is 0. The quantitative estimate of drug-likeness (QED) is 0.873. The maximum absolute atomic E-state index is 12.2. The van der Waals surface area contributed by atoms with Crippen LogP contribution in [0.1, 0.15) is 50.9 Å². The molecule has 0 bridgehead atoms. The number of aryl methyl sites for hydroxylation is 1. The second kappa shape index (κ2) is 5.05. The van der Waals surface area contributed by atoms with E-state index in [1.807, 2.05) is 19.9 Å². The van der Waals surface area contributed by atoms with E-state index in [2.05, 4.69) is 20.8 Å². The molecule has 0 spiro atoms. The van der Waals surface area contributed by atoms with E-state index >= 15 is 0 Å². The number of rotatable bonds is 4. The Kier molecular flexibility index (Phi) is 4.15. The standard InChI is InChI=1S/C14H23NO2/c1-6-14(4,5)12-8-10(3)15(7-2)13(17)11(12)9-16/h8,16H,6-7,9H2,1-5H3. The Balaban J connectivity index is 3.59. The maximum Gasteiger partial charge on any atom is 0.256 e. The molecule has 0 fully saturated rings. The van der Waals surface area contributed by atoms with Crippen molar-refractivity contribution in [3.8, 4) is 0 Å². The van der Waals surface area contributed by atoms with Gasteiger partial charge < -0.3 is 9.67 Å². The minimum atomic E-state index is -0.183. The van der Waals surface area contributed by atoms with Gasteiger partial charge in [-0.25, -0.2) is 0 Å².